The molecule has 0 radical (unpaired) electrons. The Hall–Kier alpha value is -3.01. The quantitative estimate of drug-likeness (QED) is 0.607. The largest absolute Gasteiger partial charge is 0.481 e. The maximum Gasteiger partial charge on any atom is 0.305 e. The van der Waals surface area contributed by atoms with Crippen molar-refractivity contribution >= 4 is 35.0 Å². The van der Waals surface area contributed by atoms with Gasteiger partial charge in [-0.25, -0.2) is 9.67 Å². The number of rotatable bonds is 5. The van der Waals surface area contributed by atoms with Gasteiger partial charge in [0.15, 0.2) is 5.17 Å². The number of carbonyl (C=O) groups is 2. The first-order valence-corrected chi connectivity index (χ1v) is 7.75. The van der Waals surface area contributed by atoms with E-state index in [4.69, 9.17) is 5.11 Å². The van der Waals surface area contributed by atoms with Crippen molar-refractivity contribution in [3.8, 4) is 5.69 Å². The number of aromatic nitrogens is 3. The highest BCUT2D eigenvalue weighted by Crippen LogP contribution is 2.22. The second kappa shape index (κ2) is 7.04. The van der Waals surface area contributed by atoms with Crippen LogP contribution < -0.4 is 5.32 Å². The fourth-order valence-electron chi connectivity index (χ4n) is 1.95. The molecule has 2 aromatic rings. The van der Waals surface area contributed by atoms with Crippen molar-refractivity contribution in [3.63, 3.8) is 0 Å². The van der Waals surface area contributed by atoms with Crippen LogP contribution in [0.1, 0.15) is 12.0 Å². The fourth-order valence-corrected chi connectivity index (χ4v) is 2.86. The maximum absolute atomic E-state index is 11.6. The Bertz CT molecular complexity index is 800. The Morgan fingerprint density at radius 2 is 2.21 bits per heavy atom. The van der Waals surface area contributed by atoms with Gasteiger partial charge in [-0.3, -0.25) is 9.59 Å². The molecule has 10 heteroatoms. The van der Waals surface area contributed by atoms with Crippen LogP contribution in [0.5, 0.6) is 0 Å². The number of hydrogen-bond donors (Lipinski definition) is 2. The highest BCUT2D eigenvalue weighted by Gasteiger charge is 2.32. The molecule has 2 heterocycles. The SMILES string of the molecule is O=C(O)CC1SC(=NN=Cc2ccc(-n3cncn3)cc2)NC1=O. The summed E-state index contributed by atoms with van der Waals surface area (Å²) in [6, 6.07) is 7.40. The zero-order chi connectivity index (χ0) is 16.9. The van der Waals surface area contributed by atoms with Gasteiger partial charge in [-0.15, -0.1) is 5.10 Å². The average molecular weight is 344 g/mol. The molecule has 9 nitrogen and oxygen atoms in total. The van der Waals surface area contributed by atoms with Gasteiger partial charge in [-0.2, -0.15) is 10.2 Å². The molecule has 0 aliphatic carbocycles. The molecule has 1 aliphatic heterocycles. The molecule has 1 amide bonds. The van der Waals surface area contributed by atoms with E-state index in [0.717, 1.165) is 23.0 Å². The summed E-state index contributed by atoms with van der Waals surface area (Å²) in [6.45, 7) is 0. The predicted octanol–water partition coefficient (Wildman–Crippen LogP) is 0.663. The van der Waals surface area contributed by atoms with Crippen LogP contribution in [-0.2, 0) is 9.59 Å². The van der Waals surface area contributed by atoms with E-state index in [9.17, 15) is 9.59 Å². The molecule has 1 aromatic heterocycles. The van der Waals surface area contributed by atoms with Crippen molar-refractivity contribution in [1.82, 2.24) is 20.1 Å². The molecule has 0 saturated carbocycles. The molecule has 2 N–H and O–H groups in total. The van der Waals surface area contributed by atoms with Gasteiger partial charge in [0.25, 0.3) is 0 Å². The van der Waals surface area contributed by atoms with Gasteiger partial charge in [0, 0.05) is 0 Å². The second-order valence-corrected chi connectivity index (χ2v) is 5.97. The predicted molar refractivity (Wildman–Crippen MR) is 88.2 cm³/mol. The smallest absolute Gasteiger partial charge is 0.305 e. The van der Waals surface area contributed by atoms with E-state index in [1.807, 2.05) is 24.3 Å². The van der Waals surface area contributed by atoms with Crippen molar-refractivity contribution in [3.05, 3.63) is 42.5 Å². The number of amides is 1. The number of carboxylic acid groups (broad SMARTS) is 1. The summed E-state index contributed by atoms with van der Waals surface area (Å²) in [7, 11) is 0. The molecule has 0 spiro atoms. The Morgan fingerprint density at radius 3 is 2.88 bits per heavy atom. The molecule has 3 rings (SSSR count). The number of carbonyl (C=O) groups excluding carboxylic acids is 1. The molecule has 1 aromatic carbocycles. The van der Waals surface area contributed by atoms with Gasteiger partial charge in [0.2, 0.25) is 5.91 Å². The van der Waals surface area contributed by atoms with Crippen molar-refractivity contribution in [2.24, 2.45) is 10.2 Å². The minimum Gasteiger partial charge on any atom is -0.481 e. The summed E-state index contributed by atoms with van der Waals surface area (Å²) >= 11 is 1.06. The maximum atomic E-state index is 11.6. The van der Waals surface area contributed by atoms with Gasteiger partial charge in [-0.05, 0) is 17.7 Å². The first-order valence-electron chi connectivity index (χ1n) is 6.87. The van der Waals surface area contributed by atoms with E-state index in [-0.39, 0.29) is 12.3 Å². The zero-order valence-electron chi connectivity index (χ0n) is 12.2. The van der Waals surface area contributed by atoms with Crippen molar-refractivity contribution in [1.29, 1.82) is 0 Å². The number of amidine groups is 1. The van der Waals surface area contributed by atoms with Gasteiger partial charge in [-0.1, -0.05) is 23.9 Å². The molecular formula is C14H12N6O3S. The first kappa shape index (κ1) is 15.9. The average Bonchev–Trinajstić information content (AvgIpc) is 3.19. The van der Waals surface area contributed by atoms with E-state index in [1.165, 1.54) is 12.5 Å². The molecule has 1 aliphatic rings. The van der Waals surface area contributed by atoms with Crippen molar-refractivity contribution in [2.75, 3.05) is 0 Å². The van der Waals surface area contributed by atoms with E-state index in [1.54, 1.807) is 11.0 Å². The van der Waals surface area contributed by atoms with Crippen LogP contribution >= 0.6 is 11.8 Å². The number of nitrogens with one attached hydrogen (secondary N) is 1. The van der Waals surface area contributed by atoms with E-state index in [2.05, 4.69) is 25.6 Å². The molecule has 1 fully saturated rings. The summed E-state index contributed by atoms with van der Waals surface area (Å²) in [5, 5.41) is 22.7. The lowest BCUT2D eigenvalue weighted by atomic mass is 10.2. The third kappa shape index (κ3) is 3.84. The van der Waals surface area contributed by atoms with Crippen LogP contribution in [-0.4, -0.2) is 48.4 Å². The Morgan fingerprint density at radius 1 is 1.42 bits per heavy atom. The third-order valence-electron chi connectivity index (χ3n) is 3.07. The number of hydrogen-bond acceptors (Lipinski definition) is 7. The topological polar surface area (TPSA) is 122 Å². The molecule has 24 heavy (non-hydrogen) atoms. The van der Waals surface area contributed by atoms with Crippen LogP contribution in [0.4, 0.5) is 0 Å². The summed E-state index contributed by atoms with van der Waals surface area (Å²) in [5.74, 6) is -1.39. The standard InChI is InChI=1S/C14H12N6O3S/c21-12(22)5-11-13(23)18-14(24-11)19-16-6-9-1-3-10(4-2-9)20-8-15-7-17-20/h1-4,6-8,11H,5H2,(H,21,22)(H,18,19,23). The second-order valence-electron chi connectivity index (χ2n) is 4.77. The molecule has 1 unspecified atom stereocenters. The minimum atomic E-state index is -1.03. The van der Waals surface area contributed by atoms with Crippen molar-refractivity contribution < 1.29 is 14.7 Å². The van der Waals surface area contributed by atoms with E-state index < -0.39 is 11.2 Å². The Kier molecular flexibility index (Phi) is 4.66. The Labute approximate surface area is 140 Å². The fraction of sp³-hybridized carbons (Fsp3) is 0.143. The molecule has 0 bridgehead atoms. The summed E-state index contributed by atoms with van der Waals surface area (Å²) in [5.41, 5.74) is 1.69. The van der Waals surface area contributed by atoms with Gasteiger partial charge in [0.1, 0.15) is 17.9 Å². The van der Waals surface area contributed by atoms with Gasteiger partial charge in [0.05, 0.1) is 18.3 Å². The van der Waals surface area contributed by atoms with Crippen LogP contribution in [0, 0.1) is 0 Å². The highest BCUT2D eigenvalue weighted by molar-refractivity contribution is 8.15. The lowest BCUT2D eigenvalue weighted by molar-refractivity contribution is -0.138. The molecular weight excluding hydrogens is 332 g/mol. The molecule has 1 saturated heterocycles. The number of aliphatic carboxylic acids is 1. The van der Waals surface area contributed by atoms with E-state index in [0.29, 0.717) is 5.17 Å². The number of thioether (sulfide) groups is 1. The minimum absolute atomic E-state index is 0.247. The first-order chi connectivity index (χ1) is 11.6. The van der Waals surface area contributed by atoms with Crippen LogP contribution in [0.25, 0.3) is 5.69 Å². The Balaban J connectivity index is 1.62. The normalized spacial score (nSPS) is 19.1. The number of carboxylic acids is 1. The lowest BCUT2D eigenvalue weighted by Gasteiger charge is -1.99. The molecule has 122 valence electrons. The van der Waals surface area contributed by atoms with Crippen LogP contribution in [0.15, 0.2) is 47.1 Å². The summed E-state index contributed by atoms with van der Waals surface area (Å²) < 4.78 is 1.63. The van der Waals surface area contributed by atoms with Crippen LogP contribution in [0.2, 0.25) is 0 Å². The van der Waals surface area contributed by atoms with Crippen molar-refractivity contribution in [2.45, 2.75) is 11.7 Å². The van der Waals surface area contributed by atoms with Gasteiger partial charge >= 0.3 is 5.97 Å². The summed E-state index contributed by atoms with van der Waals surface area (Å²) in [6.07, 6.45) is 4.34. The monoisotopic (exact) mass is 344 g/mol. The van der Waals surface area contributed by atoms with Gasteiger partial charge < -0.3 is 10.4 Å². The summed E-state index contributed by atoms with van der Waals surface area (Å²) in [4.78, 5) is 26.1. The number of nitrogens with zero attached hydrogens (tertiary/aromatic N) is 5. The van der Waals surface area contributed by atoms with Crippen LogP contribution in [0.3, 0.4) is 0 Å². The van der Waals surface area contributed by atoms with E-state index >= 15 is 0 Å². The number of benzene rings is 1. The molecule has 1 atom stereocenters. The lowest BCUT2D eigenvalue weighted by Crippen LogP contribution is -2.26. The zero-order valence-corrected chi connectivity index (χ0v) is 13.1. The highest BCUT2D eigenvalue weighted by atomic mass is 32.2. The third-order valence-corrected chi connectivity index (χ3v) is 4.14.